The van der Waals surface area contributed by atoms with E-state index < -0.39 is 23.0 Å². The Kier molecular flexibility index (Phi) is 3.38. The fourth-order valence-corrected chi connectivity index (χ4v) is 1.40. The van der Waals surface area contributed by atoms with Crippen LogP contribution >= 0.6 is 11.6 Å². The van der Waals surface area contributed by atoms with Crippen LogP contribution in [0.5, 0.6) is 5.75 Å². The molecule has 0 fully saturated rings. The minimum Gasteiger partial charge on any atom is -0.507 e. The molecule has 0 radical (unpaired) electrons. The lowest BCUT2D eigenvalue weighted by Crippen LogP contribution is -2.15. The minimum absolute atomic E-state index is 0.104. The van der Waals surface area contributed by atoms with E-state index in [4.69, 9.17) is 11.6 Å². The maximum absolute atomic E-state index is 13.4. The summed E-state index contributed by atoms with van der Waals surface area (Å²) in [5.41, 5.74) is -0.450. The number of rotatable bonds is 2. The highest BCUT2D eigenvalue weighted by Gasteiger charge is 2.16. The van der Waals surface area contributed by atoms with Gasteiger partial charge in [0.05, 0.1) is 0 Å². The van der Waals surface area contributed by atoms with Crippen LogP contribution < -0.4 is 5.32 Å². The number of anilines is 1. The molecule has 2 rings (SSSR count). The molecule has 0 bridgehead atoms. The largest absolute Gasteiger partial charge is 0.507 e. The predicted molar refractivity (Wildman–Crippen MR) is 63.1 cm³/mol. The van der Waals surface area contributed by atoms with Crippen molar-refractivity contribution in [3.05, 3.63) is 46.9 Å². The van der Waals surface area contributed by atoms with Crippen LogP contribution in [-0.4, -0.2) is 21.2 Å². The molecule has 2 aromatic rings. The van der Waals surface area contributed by atoms with Gasteiger partial charge in [-0.1, -0.05) is 17.7 Å². The predicted octanol–water partition coefficient (Wildman–Crippen LogP) is 2.23. The Morgan fingerprint density at radius 1 is 1.28 bits per heavy atom. The molecule has 1 aromatic heterocycles. The number of nitrogens with one attached hydrogen (secondary N) is 1. The smallest absolute Gasteiger partial charge is 0.263 e. The van der Waals surface area contributed by atoms with Crippen LogP contribution in [0.3, 0.4) is 0 Å². The summed E-state index contributed by atoms with van der Waals surface area (Å²) in [5, 5.41) is 19.0. The lowest BCUT2D eigenvalue weighted by Gasteiger charge is -2.06. The molecule has 1 amide bonds. The highest BCUT2D eigenvalue weighted by molar-refractivity contribution is 6.29. The Morgan fingerprint density at radius 2 is 2.06 bits per heavy atom. The number of aromatic hydroxyl groups is 1. The first-order chi connectivity index (χ1) is 8.58. The summed E-state index contributed by atoms with van der Waals surface area (Å²) in [6, 6.07) is 6.41. The van der Waals surface area contributed by atoms with Gasteiger partial charge in [-0.3, -0.25) is 4.79 Å². The molecule has 0 unspecified atom stereocenters. The van der Waals surface area contributed by atoms with Crippen LogP contribution in [-0.2, 0) is 0 Å². The van der Waals surface area contributed by atoms with Gasteiger partial charge in [0.1, 0.15) is 17.1 Å². The maximum Gasteiger partial charge on any atom is 0.263 e. The van der Waals surface area contributed by atoms with E-state index in [0.717, 1.165) is 6.07 Å². The number of carbonyl (C=O) groups is 1. The third-order valence-corrected chi connectivity index (χ3v) is 2.29. The van der Waals surface area contributed by atoms with Crippen molar-refractivity contribution in [2.24, 2.45) is 0 Å². The average Bonchev–Trinajstić information content (AvgIpc) is 2.32. The second kappa shape index (κ2) is 4.97. The zero-order chi connectivity index (χ0) is 13.1. The number of halogens is 2. The van der Waals surface area contributed by atoms with Crippen molar-refractivity contribution in [1.82, 2.24) is 10.2 Å². The lowest BCUT2D eigenvalue weighted by molar-refractivity contribution is 0.102. The standard InChI is InChI=1S/C11H7ClFN3O2/c12-8-4-5-9(16-15-8)14-11(18)10-6(13)2-1-3-7(10)17/h1-5,17H,(H,14,16,18). The zero-order valence-electron chi connectivity index (χ0n) is 8.89. The topological polar surface area (TPSA) is 75.1 Å². The molecule has 0 aliphatic heterocycles. The van der Waals surface area contributed by atoms with Gasteiger partial charge in [-0.05, 0) is 24.3 Å². The number of hydrogen-bond acceptors (Lipinski definition) is 4. The first-order valence-electron chi connectivity index (χ1n) is 4.86. The highest BCUT2D eigenvalue weighted by atomic mass is 35.5. The fraction of sp³-hybridized carbons (Fsp3) is 0. The van der Waals surface area contributed by atoms with Gasteiger partial charge in [0.2, 0.25) is 0 Å². The third-order valence-electron chi connectivity index (χ3n) is 2.09. The molecule has 0 spiro atoms. The molecule has 0 saturated carbocycles. The first kappa shape index (κ1) is 12.3. The van der Waals surface area contributed by atoms with Crippen LogP contribution in [0.4, 0.5) is 10.2 Å². The van der Waals surface area contributed by atoms with Crippen LogP contribution in [0.2, 0.25) is 5.15 Å². The number of nitrogens with zero attached hydrogens (tertiary/aromatic N) is 2. The highest BCUT2D eigenvalue weighted by Crippen LogP contribution is 2.20. The molecular formula is C11H7ClFN3O2. The second-order valence-corrected chi connectivity index (χ2v) is 3.72. The van der Waals surface area contributed by atoms with E-state index in [1.54, 1.807) is 0 Å². The van der Waals surface area contributed by atoms with Crippen molar-refractivity contribution in [2.45, 2.75) is 0 Å². The van der Waals surface area contributed by atoms with Crippen molar-refractivity contribution in [3.63, 3.8) is 0 Å². The van der Waals surface area contributed by atoms with Crippen LogP contribution in [0.25, 0.3) is 0 Å². The Morgan fingerprint density at radius 3 is 2.67 bits per heavy atom. The van der Waals surface area contributed by atoms with E-state index in [1.807, 2.05) is 0 Å². The molecule has 92 valence electrons. The molecular weight excluding hydrogens is 261 g/mol. The molecule has 0 aliphatic rings. The van der Waals surface area contributed by atoms with Gasteiger partial charge in [0.25, 0.3) is 5.91 Å². The van der Waals surface area contributed by atoms with Crippen LogP contribution in [0.15, 0.2) is 30.3 Å². The number of phenolic OH excluding ortho intramolecular Hbond substituents is 1. The number of aromatic nitrogens is 2. The van der Waals surface area contributed by atoms with E-state index in [2.05, 4.69) is 15.5 Å². The average molecular weight is 268 g/mol. The van der Waals surface area contributed by atoms with Crippen LogP contribution in [0, 0.1) is 5.82 Å². The van der Waals surface area contributed by atoms with Crippen LogP contribution in [0.1, 0.15) is 10.4 Å². The number of carbonyl (C=O) groups excluding carboxylic acids is 1. The number of phenols is 1. The van der Waals surface area contributed by atoms with Gasteiger partial charge in [0.15, 0.2) is 11.0 Å². The first-order valence-corrected chi connectivity index (χ1v) is 5.24. The zero-order valence-corrected chi connectivity index (χ0v) is 9.65. The van der Waals surface area contributed by atoms with Gasteiger partial charge in [-0.15, -0.1) is 10.2 Å². The Labute approximate surface area is 106 Å². The normalized spacial score (nSPS) is 10.1. The summed E-state index contributed by atoms with van der Waals surface area (Å²) in [5.74, 6) is -1.99. The Hall–Kier alpha value is -2.21. The third kappa shape index (κ3) is 2.54. The molecule has 5 nitrogen and oxygen atoms in total. The number of benzene rings is 1. The summed E-state index contributed by atoms with van der Waals surface area (Å²) in [7, 11) is 0. The van der Waals surface area contributed by atoms with Crippen molar-refractivity contribution in [3.8, 4) is 5.75 Å². The molecule has 18 heavy (non-hydrogen) atoms. The molecule has 0 atom stereocenters. The SMILES string of the molecule is O=C(Nc1ccc(Cl)nn1)c1c(O)cccc1F. The van der Waals surface area contributed by atoms with Gasteiger partial charge >= 0.3 is 0 Å². The summed E-state index contributed by atoms with van der Waals surface area (Å²) < 4.78 is 13.4. The Balaban J connectivity index is 2.25. The monoisotopic (exact) mass is 267 g/mol. The molecule has 0 aliphatic carbocycles. The molecule has 1 heterocycles. The molecule has 1 aromatic carbocycles. The van der Waals surface area contributed by atoms with E-state index in [0.29, 0.717) is 0 Å². The van der Waals surface area contributed by atoms with Crippen molar-refractivity contribution in [2.75, 3.05) is 5.32 Å². The molecule has 7 heteroatoms. The quantitative estimate of drug-likeness (QED) is 0.875. The molecule has 0 saturated heterocycles. The number of amides is 1. The fourth-order valence-electron chi connectivity index (χ4n) is 1.30. The van der Waals surface area contributed by atoms with Gasteiger partial charge < -0.3 is 10.4 Å². The summed E-state index contributed by atoms with van der Waals surface area (Å²) in [4.78, 5) is 11.7. The van der Waals surface area contributed by atoms with Crippen molar-refractivity contribution < 1.29 is 14.3 Å². The van der Waals surface area contributed by atoms with Gasteiger partial charge in [-0.25, -0.2) is 4.39 Å². The van der Waals surface area contributed by atoms with Gasteiger partial charge in [-0.2, -0.15) is 0 Å². The van der Waals surface area contributed by atoms with E-state index in [1.165, 1.54) is 24.3 Å². The Bertz CT molecular complexity index is 569. The molecule has 2 N–H and O–H groups in total. The summed E-state index contributed by atoms with van der Waals surface area (Å²) in [6.07, 6.45) is 0. The minimum atomic E-state index is -0.825. The summed E-state index contributed by atoms with van der Waals surface area (Å²) in [6.45, 7) is 0. The van der Waals surface area contributed by atoms with Crippen molar-refractivity contribution >= 4 is 23.3 Å². The van der Waals surface area contributed by atoms with E-state index >= 15 is 0 Å². The van der Waals surface area contributed by atoms with E-state index in [-0.39, 0.29) is 11.0 Å². The second-order valence-electron chi connectivity index (χ2n) is 3.33. The van der Waals surface area contributed by atoms with E-state index in [9.17, 15) is 14.3 Å². The van der Waals surface area contributed by atoms with Crippen molar-refractivity contribution in [1.29, 1.82) is 0 Å². The lowest BCUT2D eigenvalue weighted by atomic mass is 10.1. The van der Waals surface area contributed by atoms with Gasteiger partial charge in [0, 0.05) is 0 Å². The summed E-state index contributed by atoms with van der Waals surface area (Å²) >= 11 is 5.53. The maximum atomic E-state index is 13.4. The number of hydrogen-bond donors (Lipinski definition) is 2.